The molecule has 0 radical (unpaired) electrons. The lowest BCUT2D eigenvalue weighted by Crippen LogP contribution is -2.24. The third-order valence-electron chi connectivity index (χ3n) is 2.50. The summed E-state index contributed by atoms with van der Waals surface area (Å²) in [6.07, 6.45) is 0.973. The third kappa shape index (κ3) is 1.08. The van der Waals surface area contributed by atoms with Crippen molar-refractivity contribution in [2.45, 2.75) is 19.3 Å². The quantitative estimate of drug-likeness (QED) is 0.585. The second kappa shape index (κ2) is 2.79. The maximum Gasteiger partial charge on any atom is 0.0294 e. The number of nitrogens with zero attached hydrogens (tertiary/aromatic N) is 1. The van der Waals surface area contributed by atoms with Crippen LogP contribution in [0.1, 0.15) is 24.8 Å². The molecule has 0 aliphatic carbocycles. The predicted octanol–water partition coefficient (Wildman–Crippen LogP) is 2.50. The van der Waals surface area contributed by atoms with E-state index in [4.69, 9.17) is 0 Å². The van der Waals surface area contributed by atoms with E-state index >= 15 is 0 Å². The molecule has 1 aromatic carbocycles. The lowest BCUT2D eigenvalue weighted by molar-refractivity contribution is 0.648. The zero-order valence-corrected chi connectivity index (χ0v) is 7.16. The third-order valence-corrected chi connectivity index (χ3v) is 2.50. The van der Waals surface area contributed by atoms with E-state index in [0.717, 1.165) is 17.2 Å². The maximum absolute atomic E-state index is 11.3. The number of hydrogen-bond acceptors (Lipinski definition) is 2. The summed E-state index contributed by atoms with van der Waals surface area (Å²) < 4.78 is 0. The molecule has 64 valence electrons. The number of fused-ring (bicyclic) bond motifs is 1. The fraction of sp³-hybridized carbons (Fsp3) is 0.400. The molecule has 0 saturated heterocycles. The van der Waals surface area contributed by atoms with Crippen LogP contribution in [-0.2, 0) is 0 Å². The van der Waals surface area contributed by atoms with Crippen LogP contribution in [-0.4, -0.2) is 6.54 Å². The first-order chi connectivity index (χ1) is 5.79. The molecule has 1 aromatic rings. The van der Waals surface area contributed by atoms with Crippen molar-refractivity contribution in [1.29, 1.82) is 0 Å². The van der Waals surface area contributed by atoms with Crippen molar-refractivity contribution in [3.05, 3.63) is 35.0 Å². The lowest BCUT2D eigenvalue weighted by atomic mass is 9.93. The Balaban J connectivity index is 2.47. The average Bonchev–Trinajstić information content (AvgIpc) is 2.12. The van der Waals surface area contributed by atoms with Gasteiger partial charge in [-0.05, 0) is 24.0 Å². The molecule has 0 bridgehead atoms. The van der Waals surface area contributed by atoms with Crippen LogP contribution < -0.4 is 5.06 Å². The van der Waals surface area contributed by atoms with Gasteiger partial charge in [0.1, 0.15) is 0 Å². The molecule has 0 saturated carbocycles. The van der Waals surface area contributed by atoms with Crippen LogP contribution in [0, 0.1) is 5.21 Å². The SMILES string of the molecule is CC1CCN([O-])c2ccccc21. The van der Waals surface area contributed by atoms with E-state index in [1.807, 2.05) is 24.3 Å². The minimum atomic E-state index is 0.534. The first-order valence-electron chi connectivity index (χ1n) is 4.32. The van der Waals surface area contributed by atoms with Crippen LogP contribution in [0.25, 0.3) is 0 Å². The second-order valence-corrected chi connectivity index (χ2v) is 3.35. The molecule has 1 atom stereocenters. The van der Waals surface area contributed by atoms with Crippen molar-refractivity contribution in [2.75, 3.05) is 11.6 Å². The highest BCUT2D eigenvalue weighted by molar-refractivity contribution is 5.57. The summed E-state index contributed by atoms with van der Waals surface area (Å²) in [4.78, 5) is 0. The van der Waals surface area contributed by atoms with Gasteiger partial charge in [-0.15, -0.1) is 0 Å². The van der Waals surface area contributed by atoms with E-state index in [2.05, 4.69) is 6.92 Å². The molecular weight excluding hydrogens is 150 g/mol. The van der Waals surface area contributed by atoms with Gasteiger partial charge in [-0.3, -0.25) is 0 Å². The molecule has 0 spiro atoms. The van der Waals surface area contributed by atoms with Gasteiger partial charge in [-0.25, -0.2) is 0 Å². The summed E-state index contributed by atoms with van der Waals surface area (Å²) in [5.74, 6) is 0.534. The Hall–Kier alpha value is -1.02. The van der Waals surface area contributed by atoms with Crippen LogP contribution >= 0.6 is 0 Å². The lowest BCUT2D eigenvalue weighted by Gasteiger charge is -2.39. The number of benzene rings is 1. The molecule has 0 aromatic heterocycles. The van der Waals surface area contributed by atoms with Crippen molar-refractivity contribution < 1.29 is 0 Å². The highest BCUT2D eigenvalue weighted by Gasteiger charge is 2.15. The van der Waals surface area contributed by atoms with E-state index in [-0.39, 0.29) is 0 Å². The molecular formula is C10H12NO-. The highest BCUT2D eigenvalue weighted by atomic mass is 16.5. The molecule has 1 unspecified atom stereocenters. The van der Waals surface area contributed by atoms with Gasteiger partial charge in [-0.2, -0.15) is 0 Å². The summed E-state index contributed by atoms with van der Waals surface area (Å²) >= 11 is 0. The smallest absolute Gasteiger partial charge is 0.0294 e. The van der Waals surface area contributed by atoms with Crippen LogP contribution in [0.2, 0.25) is 0 Å². The van der Waals surface area contributed by atoms with Crippen molar-refractivity contribution in [3.8, 4) is 0 Å². The molecule has 12 heavy (non-hydrogen) atoms. The molecule has 2 rings (SSSR count). The maximum atomic E-state index is 11.3. The molecule has 0 N–H and O–H groups in total. The van der Waals surface area contributed by atoms with Crippen molar-refractivity contribution in [3.63, 3.8) is 0 Å². The van der Waals surface area contributed by atoms with Gasteiger partial charge in [0.15, 0.2) is 0 Å². The van der Waals surface area contributed by atoms with E-state index < -0.39 is 0 Å². The van der Waals surface area contributed by atoms with Gasteiger partial charge >= 0.3 is 0 Å². The number of rotatable bonds is 0. The van der Waals surface area contributed by atoms with E-state index in [1.165, 1.54) is 5.56 Å². The minimum absolute atomic E-state index is 0.534. The number of hydrogen-bond donors (Lipinski definition) is 0. The Morgan fingerprint density at radius 3 is 2.92 bits per heavy atom. The molecule has 0 fully saturated rings. The second-order valence-electron chi connectivity index (χ2n) is 3.35. The Bertz CT molecular complexity index is 256. The highest BCUT2D eigenvalue weighted by Crippen LogP contribution is 2.33. The van der Waals surface area contributed by atoms with E-state index in [9.17, 15) is 5.21 Å². The summed E-state index contributed by atoms with van der Waals surface area (Å²) in [5.41, 5.74) is 2.05. The van der Waals surface area contributed by atoms with Crippen LogP contribution in [0.4, 0.5) is 5.69 Å². The van der Waals surface area contributed by atoms with Gasteiger partial charge in [0, 0.05) is 12.2 Å². The van der Waals surface area contributed by atoms with Crippen molar-refractivity contribution in [2.24, 2.45) is 0 Å². The summed E-state index contributed by atoms with van der Waals surface area (Å²) in [6, 6.07) is 7.86. The summed E-state index contributed by atoms with van der Waals surface area (Å²) in [7, 11) is 0. The predicted molar refractivity (Wildman–Crippen MR) is 50.2 cm³/mol. The van der Waals surface area contributed by atoms with Crippen LogP contribution in [0.5, 0.6) is 0 Å². The summed E-state index contributed by atoms with van der Waals surface area (Å²) in [6.45, 7) is 2.81. The van der Waals surface area contributed by atoms with Crippen molar-refractivity contribution >= 4 is 5.69 Å². The van der Waals surface area contributed by atoms with Gasteiger partial charge in [0.05, 0.1) is 0 Å². The number of anilines is 1. The average molecular weight is 162 g/mol. The normalized spacial score (nSPS) is 22.2. The Morgan fingerprint density at radius 2 is 2.17 bits per heavy atom. The van der Waals surface area contributed by atoms with Crippen molar-refractivity contribution in [1.82, 2.24) is 0 Å². The van der Waals surface area contributed by atoms with Gasteiger partial charge in [0.2, 0.25) is 0 Å². The molecule has 1 heterocycles. The molecule has 1 aliphatic heterocycles. The first-order valence-corrected chi connectivity index (χ1v) is 4.32. The molecule has 2 nitrogen and oxygen atoms in total. The largest absolute Gasteiger partial charge is 0.758 e. The fourth-order valence-corrected chi connectivity index (χ4v) is 1.72. The fourth-order valence-electron chi connectivity index (χ4n) is 1.72. The topological polar surface area (TPSA) is 26.3 Å². The molecule has 1 aliphatic rings. The number of para-hydroxylation sites is 1. The Morgan fingerprint density at radius 1 is 1.42 bits per heavy atom. The molecule has 2 heteroatoms. The first kappa shape index (κ1) is 7.62. The van der Waals surface area contributed by atoms with Crippen LogP contribution in [0.3, 0.4) is 0 Å². The Kier molecular flexibility index (Phi) is 1.77. The van der Waals surface area contributed by atoms with E-state index in [0.29, 0.717) is 12.5 Å². The summed E-state index contributed by atoms with van der Waals surface area (Å²) in [5, 5.41) is 12.4. The van der Waals surface area contributed by atoms with Gasteiger partial charge < -0.3 is 10.3 Å². The standard InChI is InChI=1S/C10H12NO/c1-8-6-7-11(12)10-5-3-2-4-9(8)10/h2-5,8H,6-7H2,1H3/q-1. The van der Waals surface area contributed by atoms with Gasteiger partial charge in [-0.1, -0.05) is 25.1 Å². The Labute approximate surface area is 72.4 Å². The van der Waals surface area contributed by atoms with Crippen LogP contribution in [0.15, 0.2) is 24.3 Å². The zero-order valence-electron chi connectivity index (χ0n) is 7.16. The number of hydroxylamine groups is 1. The van der Waals surface area contributed by atoms with E-state index in [1.54, 1.807) is 0 Å². The molecule has 0 amide bonds. The minimum Gasteiger partial charge on any atom is -0.758 e. The van der Waals surface area contributed by atoms with Gasteiger partial charge in [0.25, 0.3) is 0 Å². The zero-order chi connectivity index (χ0) is 8.55. The monoisotopic (exact) mass is 162 g/mol.